The second kappa shape index (κ2) is 7.28. The Bertz CT molecular complexity index is 945. The monoisotopic (exact) mass is 410 g/mol. The number of fused-ring (bicyclic) bond motifs is 2. The lowest BCUT2D eigenvalue weighted by Crippen LogP contribution is -2.59. The molecule has 5 rings (SSSR count). The molecule has 3 aliphatic heterocycles. The number of imide groups is 2. The molecule has 3 unspecified atom stereocenters. The van der Waals surface area contributed by atoms with Crippen LogP contribution in [0.15, 0.2) is 18.2 Å². The zero-order valence-electron chi connectivity index (χ0n) is 16.8. The molecular formula is C22H26N4O4. The van der Waals surface area contributed by atoms with Crippen molar-refractivity contribution in [3.05, 3.63) is 34.9 Å². The molecule has 3 N–H and O–H groups in total. The molecular weight excluding hydrogens is 384 g/mol. The van der Waals surface area contributed by atoms with Crippen LogP contribution in [0.3, 0.4) is 0 Å². The van der Waals surface area contributed by atoms with Gasteiger partial charge in [0.25, 0.3) is 11.8 Å². The van der Waals surface area contributed by atoms with Crippen LogP contribution in [-0.4, -0.2) is 52.7 Å². The molecule has 0 aromatic heterocycles. The minimum Gasteiger partial charge on any atom is -0.312 e. The van der Waals surface area contributed by atoms with Crippen LogP contribution in [0.25, 0.3) is 0 Å². The van der Waals surface area contributed by atoms with E-state index in [4.69, 9.17) is 0 Å². The van der Waals surface area contributed by atoms with Crippen LogP contribution in [0, 0.1) is 0 Å². The molecule has 4 amide bonds. The second-order valence-corrected chi connectivity index (χ2v) is 8.84. The van der Waals surface area contributed by atoms with Gasteiger partial charge in [0.05, 0.1) is 11.1 Å². The summed E-state index contributed by atoms with van der Waals surface area (Å²) in [4.78, 5) is 50.4. The van der Waals surface area contributed by atoms with Crippen LogP contribution in [0.1, 0.15) is 71.2 Å². The van der Waals surface area contributed by atoms with Crippen molar-refractivity contribution >= 4 is 23.6 Å². The van der Waals surface area contributed by atoms with Crippen molar-refractivity contribution in [3.8, 4) is 0 Å². The molecule has 8 heteroatoms. The van der Waals surface area contributed by atoms with Gasteiger partial charge in [-0.25, -0.2) is 0 Å². The van der Waals surface area contributed by atoms with Gasteiger partial charge in [0.15, 0.2) is 0 Å². The standard InChI is InChI=1S/C22H26N4O4/c27-18-7-6-16(19(28)25-18)26-20(29)14-5-4-13(11-15(14)21(26)30)12-24-22-8-1-3-17(22)23-10-2-9-22/h4-5,11,16-17,23-24H,1-3,6-10,12H2,(H,25,27,28). The molecule has 2 saturated heterocycles. The van der Waals surface area contributed by atoms with Crippen molar-refractivity contribution in [1.29, 1.82) is 0 Å². The van der Waals surface area contributed by atoms with Crippen LogP contribution in [0.4, 0.5) is 0 Å². The Kier molecular flexibility index (Phi) is 4.71. The maximum Gasteiger partial charge on any atom is 0.262 e. The summed E-state index contributed by atoms with van der Waals surface area (Å²) < 4.78 is 0. The summed E-state index contributed by atoms with van der Waals surface area (Å²) in [7, 11) is 0. The summed E-state index contributed by atoms with van der Waals surface area (Å²) in [5.74, 6) is -1.88. The third-order valence-electron chi connectivity index (χ3n) is 7.12. The van der Waals surface area contributed by atoms with Gasteiger partial charge in [0.1, 0.15) is 6.04 Å². The molecule has 4 aliphatic rings. The van der Waals surface area contributed by atoms with Gasteiger partial charge in [-0.05, 0) is 62.8 Å². The minimum absolute atomic E-state index is 0.107. The van der Waals surface area contributed by atoms with E-state index in [1.165, 1.54) is 12.8 Å². The first-order chi connectivity index (χ1) is 14.5. The van der Waals surface area contributed by atoms with Gasteiger partial charge in [0, 0.05) is 24.5 Å². The van der Waals surface area contributed by atoms with Crippen LogP contribution in [-0.2, 0) is 16.1 Å². The average molecular weight is 410 g/mol. The highest BCUT2D eigenvalue weighted by molar-refractivity contribution is 6.23. The van der Waals surface area contributed by atoms with Gasteiger partial charge < -0.3 is 10.6 Å². The molecule has 0 spiro atoms. The van der Waals surface area contributed by atoms with E-state index in [-0.39, 0.29) is 24.3 Å². The number of amides is 4. The Hall–Kier alpha value is -2.58. The molecule has 1 aromatic carbocycles. The molecule has 8 nitrogen and oxygen atoms in total. The summed E-state index contributed by atoms with van der Waals surface area (Å²) in [5.41, 5.74) is 1.72. The van der Waals surface area contributed by atoms with E-state index < -0.39 is 23.8 Å². The summed E-state index contributed by atoms with van der Waals surface area (Å²) in [5, 5.41) is 9.60. The lowest BCUT2D eigenvalue weighted by Gasteiger charge is -2.41. The van der Waals surface area contributed by atoms with Gasteiger partial charge in [-0.1, -0.05) is 6.07 Å². The van der Waals surface area contributed by atoms with Crippen molar-refractivity contribution in [2.24, 2.45) is 0 Å². The highest BCUT2D eigenvalue weighted by Crippen LogP contribution is 2.37. The van der Waals surface area contributed by atoms with E-state index in [0.29, 0.717) is 23.7 Å². The molecule has 1 saturated carbocycles. The smallest absolute Gasteiger partial charge is 0.262 e. The third-order valence-corrected chi connectivity index (χ3v) is 7.12. The number of nitrogens with one attached hydrogen (secondary N) is 3. The SMILES string of the molecule is O=C1CCC(N2C(=O)c3ccc(CNC45CCCNC4CCC5)cc3C2=O)C(=O)N1. The number of nitrogens with zero attached hydrogens (tertiary/aromatic N) is 1. The number of carbonyl (C=O) groups is 4. The molecule has 158 valence electrons. The zero-order valence-corrected chi connectivity index (χ0v) is 16.8. The molecule has 3 atom stereocenters. The maximum atomic E-state index is 13.0. The van der Waals surface area contributed by atoms with E-state index in [0.717, 1.165) is 36.3 Å². The first-order valence-corrected chi connectivity index (χ1v) is 10.8. The lowest BCUT2D eigenvalue weighted by molar-refractivity contribution is -0.136. The lowest BCUT2D eigenvalue weighted by atomic mass is 9.84. The first kappa shape index (κ1) is 19.4. The summed E-state index contributed by atoms with van der Waals surface area (Å²) >= 11 is 0. The second-order valence-electron chi connectivity index (χ2n) is 8.84. The predicted octanol–water partition coefficient (Wildman–Crippen LogP) is 0.852. The number of rotatable bonds is 4. The summed E-state index contributed by atoms with van der Waals surface area (Å²) in [6.45, 7) is 1.70. The van der Waals surface area contributed by atoms with Crippen molar-refractivity contribution in [1.82, 2.24) is 20.9 Å². The Morgan fingerprint density at radius 2 is 1.83 bits per heavy atom. The Labute approximate surface area is 174 Å². The molecule has 30 heavy (non-hydrogen) atoms. The van der Waals surface area contributed by atoms with Crippen LogP contribution < -0.4 is 16.0 Å². The Morgan fingerprint density at radius 3 is 2.67 bits per heavy atom. The molecule has 3 heterocycles. The summed E-state index contributed by atoms with van der Waals surface area (Å²) in [6, 6.07) is 4.89. The fourth-order valence-corrected chi connectivity index (χ4v) is 5.56. The molecule has 1 aliphatic carbocycles. The van der Waals surface area contributed by atoms with Crippen molar-refractivity contribution in [3.63, 3.8) is 0 Å². The third kappa shape index (κ3) is 3.06. The molecule has 1 aromatic rings. The highest BCUT2D eigenvalue weighted by atomic mass is 16.2. The Balaban J connectivity index is 1.34. The number of hydrogen-bond acceptors (Lipinski definition) is 6. The van der Waals surface area contributed by atoms with Crippen molar-refractivity contribution in [2.75, 3.05) is 6.54 Å². The highest BCUT2D eigenvalue weighted by Gasteiger charge is 2.45. The molecule has 3 fully saturated rings. The zero-order chi connectivity index (χ0) is 20.9. The number of piperidine rings is 2. The first-order valence-electron chi connectivity index (χ1n) is 10.8. The number of benzene rings is 1. The number of hydrogen-bond donors (Lipinski definition) is 3. The van der Waals surface area contributed by atoms with E-state index in [1.54, 1.807) is 12.1 Å². The van der Waals surface area contributed by atoms with Gasteiger partial charge in [-0.2, -0.15) is 0 Å². The largest absolute Gasteiger partial charge is 0.312 e. The van der Waals surface area contributed by atoms with E-state index in [1.807, 2.05) is 6.07 Å². The van der Waals surface area contributed by atoms with Crippen molar-refractivity contribution < 1.29 is 19.2 Å². The van der Waals surface area contributed by atoms with E-state index in [9.17, 15) is 19.2 Å². The fourth-order valence-electron chi connectivity index (χ4n) is 5.56. The van der Waals surface area contributed by atoms with Gasteiger partial charge >= 0.3 is 0 Å². The minimum atomic E-state index is -0.928. The quantitative estimate of drug-likeness (QED) is 0.636. The van der Waals surface area contributed by atoms with E-state index >= 15 is 0 Å². The van der Waals surface area contributed by atoms with Gasteiger partial charge in [0.2, 0.25) is 11.8 Å². The van der Waals surface area contributed by atoms with Crippen LogP contribution in [0.5, 0.6) is 0 Å². The Morgan fingerprint density at radius 1 is 1.03 bits per heavy atom. The predicted molar refractivity (Wildman–Crippen MR) is 108 cm³/mol. The van der Waals surface area contributed by atoms with Crippen LogP contribution in [0.2, 0.25) is 0 Å². The topological polar surface area (TPSA) is 108 Å². The van der Waals surface area contributed by atoms with Gasteiger partial charge in [-0.15, -0.1) is 0 Å². The van der Waals surface area contributed by atoms with Crippen molar-refractivity contribution in [2.45, 2.75) is 69.1 Å². The maximum absolute atomic E-state index is 13.0. The van der Waals surface area contributed by atoms with Gasteiger partial charge in [-0.3, -0.25) is 29.4 Å². The number of carbonyl (C=O) groups excluding carboxylic acids is 4. The molecule has 0 radical (unpaired) electrons. The fraction of sp³-hybridized carbons (Fsp3) is 0.545. The summed E-state index contributed by atoms with van der Waals surface area (Å²) in [6.07, 6.45) is 6.14. The normalized spacial score (nSPS) is 31.0. The molecule has 0 bridgehead atoms. The van der Waals surface area contributed by atoms with Crippen LogP contribution >= 0.6 is 0 Å². The average Bonchev–Trinajstić information content (AvgIpc) is 3.27. The van der Waals surface area contributed by atoms with E-state index in [2.05, 4.69) is 16.0 Å².